The van der Waals surface area contributed by atoms with E-state index in [9.17, 15) is 23.2 Å². The minimum Gasteiger partial charge on any atom is -0.489 e. The maximum atomic E-state index is 14.1. The fourth-order valence-electron chi connectivity index (χ4n) is 3.50. The first kappa shape index (κ1) is 35.1. The summed E-state index contributed by atoms with van der Waals surface area (Å²) in [5.41, 5.74) is -0.505. The number of halogens is 2. The molecule has 2 aromatic carbocycles. The fourth-order valence-corrected chi connectivity index (χ4v) is 4.57. The highest BCUT2D eigenvalue weighted by Crippen LogP contribution is 2.23. The molecule has 0 saturated carbocycles. The van der Waals surface area contributed by atoms with Crippen molar-refractivity contribution < 1.29 is 32.6 Å². The van der Waals surface area contributed by atoms with Gasteiger partial charge in [0, 0.05) is 23.9 Å². The summed E-state index contributed by atoms with van der Waals surface area (Å²) in [6.07, 6.45) is 2.87. The van der Waals surface area contributed by atoms with Crippen LogP contribution in [0.15, 0.2) is 61.7 Å². The first-order chi connectivity index (χ1) is 20.2. The van der Waals surface area contributed by atoms with Crippen LogP contribution in [0.3, 0.4) is 0 Å². The van der Waals surface area contributed by atoms with Gasteiger partial charge in [0.05, 0.1) is 11.1 Å². The standard InChI is InChI=1S/C33H38F2N2O5S/c1-8-16-37(32(40)36-28(21-43-20-22(3)4)31(39)42-33(5,6)7)30(38)26-18-23(11-15-29(26)41-17-9-2)10-12-24-13-14-25(34)19-27(24)35/h8-9,11,13-15,18-19,22,28H,1-2,16-17,20-21H2,3-7H3,(H,36,40)/t28-/m0/s1. The topological polar surface area (TPSA) is 84.9 Å². The van der Waals surface area contributed by atoms with E-state index in [4.69, 9.17) is 9.47 Å². The molecule has 2 rings (SSSR count). The van der Waals surface area contributed by atoms with E-state index in [1.54, 1.807) is 26.8 Å². The highest BCUT2D eigenvalue weighted by molar-refractivity contribution is 7.99. The number of thioether (sulfide) groups is 1. The summed E-state index contributed by atoms with van der Waals surface area (Å²) in [6.45, 7) is 16.4. The highest BCUT2D eigenvalue weighted by atomic mass is 32.2. The van der Waals surface area contributed by atoms with Crippen LogP contribution in [0.2, 0.25) is 0 Å². The van der Waals surface area contributed by atoms with Crippen molar-refractivity contribution in [3.05, 3.63) is 90.0 Å². The Hall–Kier alpha value is -4.10. The Kier molecular flexibility index (Phi) is 13.5. The van der Waals surface area contributed by atoms with Crippen molar-refractivity contribution >= 4 is 29.7 Å². The van der Waals surface area contributed by atoms with Crippen molar-refractivity contribution in [2.75, 3.05) is 24.7 Å². The Labute approximate surface area is 256 Å². The first-order valence-corrected chi connectivity index (χ1v) is 14.8. The maximum Gasteiger partial charge on any atom is 0.330 e. The van der Waals surface area contributed by atoms with E-state index in [1.165, 1.54) is 42.1 Å². The molecular formula is C33H38F2N2O5S. The summed E-state index contributed by atoms with van der Waals surface area (Å²) in [6, 6.07) is 5.64. The molecule has 1 N–H and O–H groups in total. The molecule has 10 heteroatoms. The van der Waals surface area contributed by atoms with Gasteiger partial charge in [-0.1, -0.05) is 44.4 Å². The molecule has 0 saturated heterocycles. The Balaban J connectivity index is 2.44. The van der Waals surface area contributed by atoms with Gasteiger partial charge in [0.25, 0.3) is 5.91 Å². The molecular weight excluding hydrogens is 574 g/mol. The minimum absolute atomic E-state index is 0.00627. The van der Waals surface area contributed by atoms with Crippen LogP contribution in [0.1, 0.15) is 56.1 Å². The largest absolute Gasteiger partial charge is 0.489 e. The van der Waals surface area contributed by atoms with Gasteiger partial charge in [0.2, 0.25) is 0 Å². The molecule has 0 aromatic heterocycles. The fraction of sp³-hybridized carbons (Fsp3) is 0.364. The zero-order valence-corrected chi connectivity index (χ0v) is 26.0. The molecule has 230 valence electrons. The Morgan fingerprint density at radius 2 is 1.77 bits per heavy atom. The van der Waals surface area contributed by atoms with Gasteiger partial charge in [-0.3, -0.25) is 9.69 Å². The third kappa shape index (κ3) is 11.6. The molecule has 0 aliphatic heterocycles. The molecule has 0 bridgehead atoms. The average molecular weight is 613 g/mol. The summed E-state index contributed by atoms with van der Waals surface area (Å²) in [5.74, 6) is 3.98. The van der Waals surface area contributed by atoms with Crippen molar-refractivity contribution in [3.63, 3.8) is 0 Å². The van der Waals surface area contributed by atoms with E-state index in [1.807, 2.05) is 13.8 Å². The lowest BCUT2D eigenvalue weighted by Gasteiger charge is -2.27. The maximum absolute atomic E-state index is 14.1. The molecule has 2 aromatic rings. The van der Waals surface area contributed by atoms with Gasteiger partial charge in [0.15, 0.2) is 0 Å². The highest BCUT2D eigenvalue weighted by Gasteiger charge is 2.31. The van der Waals surface area contributed by atoms with E-state index in [0.717, 1.165) is 22.8 Å². The molecule has 0 spiro atoms. The molecule has 0 aliphatic carbocycles. The van der Waals surface area contributed by atoms with Gasteiger partial charge < -0.3 is 14.8 Å². The number of ether oxygens (including phenoxy) is 2. The van der Waals surface area contributed by atoms with Crippen molar-refractivity contribution in [1.29, 1.82) is 0 Å². The third-order valence-corrected chi connectivity index (χ3v) is 6.84. The summed E-state index contributed by atoms with van der Waals surface area (Å²) >= 11 is 1.48. The summed E-state index contributed by atoms with van der Waals surface area (Å²) in [5, 5.41) is 2.65. The number of urea groups is 1. The predicted molar refractivity (Wildman–Crippen MR) is 166 cm³/mol. The van der Waals surface area contributed by atoms with Crippen LogP contribution >= 0.6 is 11.8 Å². The number of carbonyl (C=O) groups excluding carboxylic acids is 3. The van der Waals surface area contributed by atoms with Gasteiger partial charge in [-0.2, -0.15) is 11.8 Å². The van der Waals surface area contributed by atoms with Crippen molar-refractivity contribution in [3.8, 4) is 17.6 Å². The number of carbonyl (C=O) groups is 3. The van der Waals surface area contributed by atoms with Crippen LogP contribution in [0.5, 0.6) is 5.75 Å². The average Bonchev–Trinajstić information content (AvgIpc) is 2.92. The van der Waals surface area contributed by atoms with Crippen molar-refractivity contribution in [1.82, 2.24) is 10.2 Å². The number of esters is 1. The number of rotatable bonds is 12. The number of nitrogens with one attached hydrogen (secondary N) is 1. The molecule has 3 amide bonds. The lowest BCUT2D eigenvalue weighted by Crippen LogP contribution is -2.52. The Bertz CT molecular complexity index is 1390. The van der Waals surface area contributed by atoms with Crippen molar-refractivity contribution in [2.45, 2.75) is 46.3 Å². The number of benzene rings is 2. The predicted octanol–water partition coefficient (Wildman–Crippen LogP) is 6.37. The van der Waals surface area contributed by atoms with Gasteiger partial charge in [-0.15, -0.1) is 6.58 Å². The van der Waals surface area contributed by atoms with Crippen LogP contribution in [0.25, 0.3) is 0 Å². The van der Waals surface area contributed by atoms with Gasteiger partial charge >= 0.3 is 12.0 Å². The van der Waals surface area contributed by atoms with E-state index < -0.39 is 41.2 Å². The minimum atomic E-state index is -1.02. The SMILES string of the molecule is C=CCOc1ccc(C#Cc2ccc(F)cc2F)cc1C(=O)N(CC=C)C(=O)N[C@@H](CSCC(C)C)C(=O)OC(C)(C)C. The molecule has 0 fully saturated rings. The molecule has 7 nitrogen and oxygen atoms in total. The van der Waals surface area contributed by atoms with E-state index in [2.05, 4.69) is 30.3 Å². The zero-order valence-electron chi connectivity index (χ0n) is 25.2. The molecule has 0 unspecified atom stereocenters. The molecule has 0 radical (unpaired) electrons. The summed E-state index contributed by atoms with van der Waals surface area (Å²) < 4.78 is 38.5. The lowest BCUT2D eigenvalue weighted by molar-refractivity contribution is -0.156. The third-order valence-electron chi connectivity index (χ3n) is 5.37. The van der Waals surface area contributed by atoms with Crippen LogP contribution in [0.4, 0.5) is 13.6 Å². The lowest BCUT2D eigenvalue weighted by atomic mass is 10.1. The van der Waals surface area contributed by atoms with Crippen molar-refractivity contribution in [2.24, 2.45) is 5.92 Å². The first-order valence-electron chi connectivity index (χ1n) is 13.6. The Morgan fingerprint density at radius 3 is 2.37 bits per heavy atom. The summed E-state index contributed by atoms with van der Waals surface area (Å²) in [4.78, 5) is 41.2. The quantitative estimate of drug-likeness (QED) is 0.171. The van der Waals surface area contributed by atoms with Gasteiger partial charge in [-0.25, -0.2) is 18.4 Å². The van der Waals surface area contributed by atoms with Crippen LogP contribution in [-0.2, 0) is 9.53 Å². The number of hydrogen-bond donors (Lipinski definition) is 1. The number of nitrogens with zero attached hydrogens (tertiary/aromatic N) is 1. The normalized spacial score (nSPS) is 11.5. The second-order valence-electron chi connectivity index (χ2n) is 10.9. The molecule has 43 heavy (non-hydrogen) atoms. The van der Waals surface area contributed by atoms with Gasteiger partial charge in [0.1, 0.15) is 35.6 Å². The molecule has 0 heterocycles. The monoisotopic (exact) mass is 612 g/mol. The Morgan fingerprint density at radius 1 is 1.05 bits per heavy atom. The van der Waals surface area contributed by atoms with Crippen LogP contribution in [0, 0.1) is 29.4 Å². The van der Waals surface area contributed by atoms with E-state index >= 15 is 0 Å². The number of amides is 3. The second-order valence-corrected chi connectivity index (χ2v) is 11.9. The number of imide groups is 1. The number of hydrogen-bond acceptors (Lipinski definition) is 6. The van der Waals surface area contributed by atoms with Crippen LogP contribution in [-0.4, -0.2) is 59.1 Å². The summed E-state index contributed by atoms with van der Waals surface area (Å²) in [7, 11) is 0. The smallest absolute Gasteiger partial charge is 0.330 e. The zero-order chi connectivity index (χ0) is 32.2. The van der Waals surface area contributed by atoms with Crippen LogP contribution < -0.4 is 10.1 Å². The molecule has 1 atom stereocenters. The second kappa shape index (κ2) is 16.5. The van der Waals surface area contributed by atoms with E-state index in [-0.39, 0.29) is 35.8 Å². The van der Waals surface area contributed by atoms with E-state index in [0.29, 0.717) is 11.5 Å². The molecule has 0 aliphatic rings. The van der Waals surface area contributed by atoms with Gasteiger partial charge in [-0.05, 0) is 62.8 Å².